The first kappa shape index (κ1) is 5.81. The number of hydrogen-bond donors (Lipinski definition) is 0. The van der Waals surface area contributed by atoms with Gasteiger partial charge in [-0.1, -0.05) is 0 Å². The van der Waals surface area contributed by atoms with Crippen LogP contribution in [0.1, 0.15) is 13.3 Å². The molecule has 1 rings (SSSR count). The van der Waals surface area contributed by atoms with Crippen LogP contribution >= 0.6 is 0 Å². The van der Waals surface area contributed by atoms with Crippen LogP contribution in [0.25, 0.3) is 0 Å². The van der Waals surface area contributed by atoms with Gasteiger partial charge in [0.2, 0.25) is 0 Å². The summed E-state index contributed by atoms with van der Waals surface area (Å²) in [5.74, 6) is 2.91. The average molecular weight is 106 g/mol. The summed E-state index contributed by atoms with van der Waals surface area (Å²) in [5, 5.41) is 0. The van der Waals surface area contributed by atoms with E-state index in [9.17, 15) is 0 Å². The van der Waals surface area contributed by atoms with Gasteiger partial charge in [-0.05, 0) is 0 Å². The third-order valence-corrected chi connectivity index (χ3v) is 1.48. The minimum absolute atomic E-state index is 0.782. The van der Waals surface area contributed by atoms with E-state index in [2.05, 4.69) is 32.0 Å². The van der Waals surface area contributed by atoms with Gasteiger partial charge in [0, 0.05) is 0 Å². The second kappa shape index (κ2) is 2.86. The van der Waals surface area contributed by atoms with Gasteiger partial charge in [0.05, 0.1) is 0 Å². The fraction of sp³-hybridized carbons (Fsp3) is 0.571. The van der Waals surface area contributed by atoms with Crippen LogP contribution in [0.5, 0.6) is 0 Å². The number of hydrogen-bond acceptors (Lipinski definition) is 0. The molecule has 0 saturated heterocycles. The Morgan fingerprint density at radius 1 is 1.62 bits per heavy atom. The minimum atomic E-state index is 0.782. The summed E-state index contributed by atoms with van der Waals surface area (Å²) in [6.07, 6.45) is 6.95. The summed E-state index contributed by atoms with van der Waals surface area (Å²) < 4.78 is 0. The van der Waals surface area contributed by atoms with Crippen molar-refractivity contribution in [1.82, 2.24) is 0 Å². The first-order valence-electron chi connectivity index (χ1n) is 3.23. The molecule has 0 aromatic carbocycles. The van der Waals surface area contributed by atoms with Crippen LogP contribution in [0.4, 0.5) is 0 Å². The van der Waals surface area contributed by atoms with Gasteiger partial charge in [-0.3, -0.25) is 0 Å². The molecular formula is C7H11B. The van der Waals surface area contributed by atoms with Crippen LogP contribution in [0.2, 0.25) is 6.32 Å². The average Bonchev–Trinajstić information content (AvgIpc) is 1.94. The summed E-state index contributed by atoms with van der Waals surface area (Å²) >= 11 is 0. The molecule has 1 aliphatic rings. The summed E-state index contributed by atoms with van der Waals surface area (Å²) in [4.78, 5) is 0. The van der Waals surface area contributed by atoms with Crippen molar-refractivity contribution in [2.75, 3.05) is 0 Å². The van der Waals surface area contributed by atoms with E-state index in [-0.39, 0.29) is 0 Å². The zero-order valence-corrected chi connectivity index (χ0v) is 5.30. The van der Waals surface area contributed by atoms with E-state index in [4.69, 9.17) is 0 Å². The molecular weight excluding hydrogens is 94.9 g/mol. The third kappa shape index (κ3) is 1.65. The Kier molecular flexibility index (Phi) is 2.07. The molecule has 8 heavy (non-hydrogen) atoms. The van der Waals surface area contributed by atoms with Crippen LogP contribution in [-0.4, -0.2) is 12.9 Å². The van der Waals surface area contributed by atoms with Crippen molar-refractivity contribution in [3.63, 3.8) is 0 Å². The summed E-state index contributed by atoms with van der Waals surface area (Å²) in [6, 6.07) is 0. The zero-order chi connectivity index (χ0) is 5.82. The van der Waals surface area contributed by atoms with Crippen LogP contribution in [0, 0.1) is 5.92 Å². The van der Waals surface area contributed by atoms with E-state index >= 15 is 0 Å². The van der Waals surface area contributed by atoms with E-state index in [0.717, 1.165) is 5.92 Å². The van der Waals surface area contributed by atoms with Gasteiger partial charge in [0.15, 0.2) is 0 Å². The summed E-state index contributed by atoms with van der Waals surface area (Å²) in [6.45, 7) is 4.48. The molecule has 0 fully saturated rings. The van der Waals surface area contributed by atoms with E-state index in [0.29, 0.717) is 0 Å². The van der Waals surface area contributed by atoms with Gasteiger partial charge in [-0.15, -0.1) is 0 Å². The van der Waals surface area contributed by atoms with Crippen molar-refractivity contribution in [2.24, 2.45) is 5.92 Å². The predicted molar refractivity (Wildman–Crippen MR) is 39.5 cm³/mol. The molecule has 42 valence electrons. The van der Waals surface area contributed by atoms with Crippen molar-refractivity contribution in [2.45, 2.75) is 19.7 Å². The Morgan fingerprint density at radius 2 is 2.50 bits per heavy atom. The summed E-state index contributed by atoms with van der Waals surface area (Å²) in [5.41, 5.74) is 0. The quantitative estimate of drug-likeness (QED) is 0.410. The van der Waals surface area contributed by atoms with Gasteiger partial charge in [0.25, 0.3) is 0 Å². The fourth-order valence-corrected chi connectivity index (χ4v) is 0.884. The molecule has 0 N–H and O–H groups in total. The zero-order valence-electron chi connectivity index (χ0n) is 5.30. The maximum absolute atomic E-state index is 2.25. The van der Waals surface area contributed by atoms with E-state index < -0.39 is 0 Å². The molecule has 0 spiro atoms. The van der Waals surface area contributed by atoms with Gasteiger partial charge in [-0.25, -0.2) is 0 Å². The molecule has 0 nitrogen and oxygen atoms in total. The Hall–Kier alpha value is -0.325. The standard InChI is InChI=1S/C7H11B/c1-7-3-2-5-8-6-4-7/h2-3,5,7H,4,6H2,1H3/t7-/m0/s1. The Balaban J connectivity index is 2.46. The predicted octanol–water partition coefficient (Wildman–Crippen LogP) is 1.51. The second-order valence-electron chi connectivity index (χ2n) is 2.37. The van der Waals surface area contributed by atoms with Crippen molar-refractivity contribution < 1.29 is 0 Å². The normalized spacial score (nSPS) is 26.9. The van der Waals surface area contributed by atoms with Crippen LogP contribution in [-0.2, 0) is 0 Å². The molecule has 0 bridgehead atoms. The number of allylic oxidation sites excluding steroid dienone is 2. The molecule has 0 unspecified atom stereocenters. The first-order chi connectivity index (χ1) is 3.89. The Bertz CT molecular complexity index is 114. The number of rotatable bonds is 0. The second-order valence-corrected chi connectivity index (χ2v) is 2.37. The summed E-state index contributed by atoms with van der Waals surface area (Å²) in [7, 11) is 0. The van der Waals surface area contributed by atoms with Gasteiger partial charge in [-0.2, -0.15) is 0 Å². The molecule has 1 aliphatic heterocycles. The molecule has 0 saturated carbocycles. The van der Waals surface area contributed by atoms with Gasteiger partial charge < -0.3 is 0 Å². The topological polar surface area (TPSA) is 0 Å². The van der Waals surface area contributed by atoms with Crippen molar-refractivity contribution in [3.05, 3.63) is 12.2 Å². The first-order valence-corrected chi connectivity index (χ1v) is 3.23. The molecule has 1 heterocycles. The Morgan fingerprint density at radius 3 is 3.38 bits per heavy atom. The maximum atomic E-state index is 2.25. The fourth-order valence-electron chi connectivity index (χ4n) is 0.884. The molecule has 1 heteroatoms. The molecule has 0 radical (unpaired) electrons. The van der Waals surface area contributed by atoms with Crippen molar-refractivity contribution >= 4 is 12.9 Å². The van der Waals surface area contributed by atoms with Crippen LogP contribution in [0.3, 0.4) is 0 Å². The molecule has 0 aromatic rings. The Labute approximate surface area is 51.5 Å². The third-order valence-electron chi connectivity index (χ3n) is 1.48. The van der Waals surface area contributed by atoms with Crippen LogP contribution < -0.4 is 0 Å². The molecule has 0 aromatic heterocycles. The van der Waals surface area contributed by atoms with Gasteiger partial charge in [0.1, 0.15) is 0 Å². The van der Waals surface area contributed by atoms with Gasteiger partial charge >= 0.3 is 50.6 Å². The van der Waals surface area contributed by atoms with Crippen molar-refractivity contribution in [1.29, 1.82) is 0 Å². The molecule has 0 amide bonds. The van der Waals surface area contributed by atoms with E-state index in [1.165, 1.54) is 12.7 Å². The van der Waals surface area contributed by atoms with Crippen LogP contribution in [0.15, 0.2) is 12.2 Å². The van der Waals surface area contributed by atoms with Crippen molar-refractivity contribution in [3.8, 4) is 0 Å². The monoisotopic (exact) mass is 106 g/mol. The molecule has 0 aliphatic carbocycles. The van der Waals surface area contributed by atoms with E-state index in [1.807, 2.05) is 0 Å². The SMILES string of the molecule is C[C@H]1C=CC=BCC1. The van der Waals surface area contributed by atoms with E-state index in [1.54, 1.807) is 0 Å². The molecule has 1 atom stereocenters.